The molecule has 3 rings (SSSR count). The topological polar surface area (TPSA) is 15.3 Å². The summed E-state index contributed by atoms with van der Waals surface area (Å²) in [5, 5.41) is 3.71. The fourth-order valence-electron chi connectivity index (χ4n) is 2.66. The highest BCUT2D eigenvalue weighted by Crippen LogP contribution is 2.45. The summed E-state index contributed by atoms with van der Waals surface area (Å²) in [4.78, 5) is 2.46. The molecule has 3 atom stereocenters. The minimum Gasteiger partial charge on any atom is -0.313 e. The van der Waals surface area contributed by atoms with Gasteiger partial charge in [0.25, 0.3) is 0 Å². The van der Waals surface area contributed by atoms with Crippen LogP contribution in [0.4, 0.5) is 0 Å². The molecule has 0 radical (unpaired) electrons. The van der Waals surface area contributed by atoms with Crippen LogP contribution in [-0.2, 0) is 0 Å². The Bertz CT molecular complexity index is 176. The molecule has 0 bridgehead atoms. The number of piperidine rings is 1. The van der Waals surface area contributed by atoms with Gasteiger partial charge in [-0.2, -0.15) is 0 Å². The zero-order valence-corrected chi connectivity index (χ0v) is 7.79. The standard InChI is InChI=1S/C10H18N2/c1-12-5-8-9(6-12)10(8)11-4-7-2-3-7/h7-11H,2-6H2,1H3/t8-,9+,10?. The van der Waals surface area contributed by atoms with Crippen LogP contribution in [0.2, 0.25) is 0 Å². The van der Waals surface area contributed by atoms with Gasteiger partial charge in [0.2, 0.25) is 0 Å². The summed E-state index contributed by atoms with van der Waals surface area (Å²) in [6.45, 7) is 3.99. The molecule has 68 valence electrons. The number of nitrogens with zero attached hydrogens (tertiary/aromatic N) is 1. The van der Waals surface area contributed by atoms with E-state index in [1.807, 2.05) is 0 Å². The van der Waals surface area contributed by atoms with E-state index in [9.17, 15) is 0 Å². The summed E-state index contributed by atoms with van der Waals surface area (Å²) in [5.74, 6) is 3.06. The molecule has 12 heavy (non-hydrogen) atoms. The fourth-order valence-corrected chi connectivity index (χ4v) is 2.66. The lowest BCUT2D eigenvalue weighted by atomic mass is 10.3. The van der Waals surface area contributed by atoms with Crippen LogP contribution in [0.25, 0.3) is 0 Å². The summed E-state index contributed by atoms with van der Waals surface area (Å²) in [7, 11) is 2.24. The zero-order chi connectivity index (χ0) is 8.13. The monoisotopic (exact) mass is 166 g/mol. The third kappa shape index (κ3) is 1.17. The first-order valence-electron chi connectivity index (χ1n) is 5.26. The van der Waals surface area contributed by atoms with E-state index in [1.165, 1.54) is 32.5 Å². The van der Waals surface area contributed by atoms with Crippen LogP contribution in [0.15, 0.2) is 0 Å². The molecule has 1 saturated heterocycles. The van der Waals surface area contributed by atoms with Gasteiger partial charge >= 0.3 is 0 Å². The summed E-state index contributed by atoms with van der Waals surface area (Å²) in [6.07, 6.45) is 2.96. The molecule has 0 amide bonds. The lowest BCUT2D eigenvalue weighted by molar-refractivity contribution is 0.348. The van der Waals surface area contributed by atoms with Gasteiger partial charge in [-0.15, -0.1) is 0 Å². The van der Waals surface area contributed by atoms with Crippen LogP contribution >= 0.6 is 0 Å². The minimum absolute atomic E-state index is 0.904. The first-order valence-corrected chi connectivity index (χ1v) is 5.26. The Hall–Kier alpha value is -0.0800. The Kier molecular flexibility index (Phi) is 1.50. The maximum absolute atomic E-state index is 3.71. The van der Waals surface area contributed by atoms with Gasteiger partial charge in [-0.25, -0.2) is 0 Å². The molecular weight excluding hydrogens is 148 g/mol. The predicted molar refractivity (Wildman–Crippen MR) is 49.0 cm³/mol. The molecule has 2 nitrogen and oxygen atoms in total. The van der Waals surface area contributed by atoms with Crippen LogP contribution in [0, 0.1) is 17.8 Å². The van der Waals surface area contributed by atoms with Gasteiger partial charge in [-0.3, -0.25) is 0 Å². The number of likely N-dealkylation sites (tertiary alicyclic amines) is 1. The molecule has 0 spiro atoms. The van der Waals surface area contributed by atoms with Crippen molar-refractivity contribution in [3.8, 4) is 0 Å². The second-order valence-electron chi connectivity index (χ2n) is 4.93. The van der Waals surface area contributed by atoms with E-state index in [0.29, 0.717) is 0 Å². The molecule has 1 unspecified atom stereocenters. The van der Waals surface area contributed by atoms with E-state index in [0.717, 1.165) is 23.8 Å². The van der Waals surface area contributed by atoms with Gasteiger partial charge in [-0.05, 0) is 44.2 Å². The molecule has 0 aromatic rings. The highest BCUT2D eigenvalue weighted by atomic mass is 15.2. The van der Waals surface area contributed by atoms with Crippen molar-refractivity contribution in [2.45, 2.75) is 18.9 Å². The second kappa shape index (κ2) is 2.46. The lowest BCUT2D eigenvalue weighted by Crippen LogP contribution is -2.30. The molecule has 0 aromatic carbocycles. The van der Waals surface area contributed by atoms with Gasteiger partial charge in [-0.1, -0.05) is 0 Å². The van der Waals surface area contributed by atoms with Crippen molar-refractivity contribution >= 4 is 0 Å². The number of fused-ring (bicyclic) bond motifs is 1. The quantitative estimate of drug-likeness (QED) is 0.658. The summed E-state index contributed by atoms with van der Waals surface area (Å²) < 4.78 is 0. The number of rotatable bonds is 3. The first kappa shape index (κ1) is 7.34. The van der Waals surface area contributed by atoms with Crippen molar-refractivity contribution in [3.63, 3.8) is 0 Å². The zero-order valence-electron chi connectivity index (χ0n) is 7.79. The van der Waals surface area contributed by atoms with Gasteiger partial charge in [0, 0.05) is 19.1 Å². The summed E-state index contributed by atoms with van der Waals surface area (Å²) >= 11 is 0. The predicted octanol–water partition coefficient (Wildman–Crippen LogP) is 0.546. The average molecular weight is 166 g/mol. The largest absolute Gasteiger partial charge is 0.313 e. The van der Waals surface area contributed by atoms with Gasteiger partial charge in [0.05, 0.1) is 0 Å². The number of nitrogens with one attached hydrogen (secondary N) is 1. The van der Waals surface area contributed by atoms with Crippen LogP contribution in [0.5, 0.6) is 0 Å². The number of hydrogen-bond acceptors (Lipinski definition) is 2. The molecule has 3 aliphatic rings. The second-order valence-corrected chi connectivity index (χ2v) is 4.93. The van der Waals surface area contributed by atoms with Gasteiger partial charge < -0.3 is 10.2 Å². The molecular formula is C10H18N2. The van der Waals surface area contributed by atoms with E-state index in [2.05, 4.69) is 17.3 Å². The van der Waals surface area contributed by atoms with Crippen LogP contribution < -0.4 is 5.32 Å². The third-order valence-corrected chi connectivity index (χ3v) is 3.72. The van der Waals surface area contributed by atoms with Crippen LogP contribution in [0.3, 0.4) is 0 Å². The SMILES string of the molecule is CN1C[C@@H]2C(NCC3CC3)[C@@H]2C1. The van der Waals surface area contributed by atoms with E-state index in [4.69, 9.17) is 0 Å². The molecule has 1 aliphatic heterocycles. The van der Waals surface area contributed by atoms with Crippen molar-refractivity contribution in [1.82, 2.24) is 10.2 Å². The van der Waals surface area contributed by atoms with E-state index in [1.54, 1.807) is 0 Å². The first-order chi connectivity index (χ1) is 5.84. The van der Waals surface area contributed by atoms with Crippen molar-refractivity contribution in [2.75, 3.05) is 26.7 Å². The van der Waals surface area contributed by atoms with Crippen molar-refractivity contribution in [3.05, 3.63) is 0 Å². The maximum atomic E-state index is 3.71. The maximum Gasteiger partial charge on any atom is 0.0156 e. The van der Waals surface area contributed by atoms with E-state index in [-0.39, 0.29) is 0 Å². The summed E-state index contributed by atoms with van der Waals surface area (Å²) in [5.41, 5.74) is 0. The van der Waals surface area contributed by atoms with Crippen LogP contribution in [0.1, 0.15) is 12.8 Å². The lowest BCUT2D eigenvalue weighted by Gasteiger charge is -2.13. The molecule has 2 saturated carbocycles. The minimum atomic E-state index is 0.904. The Morgan fingerprint density at radius 2 is 1.92 bits per heavy atom. The Morgan fingerprint density at radius 3 is 2.50 bits per heavy atom. The molecule has 2 aliphatic carbocycles. The fraction of sp³-hybridized carbons (Fsp3) is 1.00. The molecule has 0 aromatic heterocycles. The molecule has 1 heterocycles. The van der Waals surface area contributed by atoms with Gasteiger partial charge in [0.15, 0.2) is 0 Å². The van der Waals surface area contributed by atoms with Crippen LogP contribution in [-0.4, -0.2) is 37.6 Å². The normalized spacial score (nSPS) is 46.2. The highest BCUT2D eigenvalue weighted by molar-refractivity contribution is 5.09. The highest BCUT2D eigenvalue weighted by Gasteiger charge is 2.54. The summed E-state index contributed by atoms with van der Waals surface area (Å²) in [6, 6.07) is 0.904. The smallest absolute Gasteiger partial charge is 0.0156 e. The molecule has 1 N–H and O–H groups in total. The third-order valence-electron chi connectivity index (χ3n) is 3.72. The van der Waals surface area contributed by atoms with Crippen molar-refractivity contribution < 1.29 is 0 Å². The Morgan fingerprint density at radius 1 is 1.25 bits per heavy atom. The van der Waals surface area contributed by atoms with Gasteiger partial charge in [0.1, 0.15) is 0 Å². The average Bonchev–Trinajstić information content (AvgIpc) is 2.90. The molecule has 2 heteroatoms. The van der Waals surface area contributed by atoms with E-state index >= 15 is 0 Å². The Balaban J connectivity index is 1.44. The number of hydrogen-bond donors (Lipinski definition) is 1. The molecule has 3 fully saturated rings. The van der Waals surface area contributed by atoms with Crippen molar-refractivity contribution in [1.29, 1.82) is 0 Å². The van der Waals surface area contributed by atoms with E-state index < -0.39 is 0 Å². The Labute approximate surface area is 74.3 Å². The van der Waals surface area contributed by atoms with Crippen molar-refractivity contribution in [2.24, 2.45) is 17.8 Å².